The first-order valence-electron chi connectivity index (χ1n) is 7.87. The summed E-state index contributed by atoms with van der Waals surface area (Å²) in [6, 6.07) is 10.4. The van der Waals surface area contributed by atoms with Crippen LogP contribution in [0.4, 0.5) is 15.2 Å². The molecule has 7 heteroatoms. The Labute approximate surface area is 153 Å². The number of hydrogen-bond donors (Lipinski definition) is 1. The summed E-state index contributed by atoms with van der Waals surface area (Å²) in [6.45, 7) is 3.31. The van der Waals surface area contributed by atoms with Crippen molar-refractivity contribution in [2.24, 2.45) is 5.92 Å². The van der Waals surface area contributed by atoms with Gasteiger partial charge >= 0.3 is 0 Å². The highest BCUT2D eigenvalue weighted by atomic mass is 35.5. The van der Waals surface area contributed by atoms with E-state index >= 15 is 0 Å². The van der Waals surface area contributed by atoms with Gasteiger partial charge < -0.3 is 10.2 Å². The van der Waals surface area contributed by atoms with Crippen molar-refractivity contribution in [3.8, 4) is 0 Å². The zero-order valence-electron chi connectivity index (χ0n) is 13.4. The zero-order valence-corrected chi connectivity index (χ0v) is 15.0. The third-order valence-electron chi connectivity index (χ3n) is 4.24. The zero-order chi connectivity index (χ0) is 17.6. The van der Waals surface area contributed by atoms with Gasteiger partial charge in [0.25, 0.3) is 0 Å². The fourth-order valence-corrected chi connectivity index (χ4v) is 4.04. The molecule has 0 bridgehead atoms. The smallest absolute Gasteiger partial charge is 0.231 e. The summed E-state index contributed by atoms with van der Waals surface area (Å²) >= 11 is 7.38. The van der Waals surface area contributed by atoms with Crippen molar-refractivity contribution in [1.29, 1.82) is 0 Å². The van der Waals surface area contributed by atoms with Crippen LogP contribution in [0.2, 0.25) is 5.02 Å². The van der Waals surface area contributed by atoms with E-state index in [0.717, 1.165) is 15.3 Å². The van der Waals surface area contributed by atoms with E-state index in [0.29, 0.717) is 18.8 Å². The van der Waals surface area contributed by atoms with E-state index in [2.05, 4.69) is 28.2 Å². The van der Waals surface area contributed by atoms with Crippen molar-refractivity contribution in [1.82, 2.24) is 4.98 Å². The molecule has 0 spiro atoms. The number of aromatic nitrogens is 1. The van der Waals surface area contributed by atoms with E-state index in [4.69, 9.17) is 11.6 Å². The molecule has 0 aliphatic carbocycles. The van der Waals surface area contributed by atoms with Crippen LogP contribution in [0.5, 0.6) is 0 Å². The number of nitrogens with zero attached hydrogens (tertiary/aromatic N) is 2. The van der Waals surface area contributed by atoms with E-state index in [9.17, 15) is 9.18 Å². The molecule has 3 aromatic rings. The van der Waals surface area contributed by atoms with Gasteiger partial charge in [-0.25, -0.2) is 9.37 Å². The SMILES string of the molecule is Cc1ccc2nc(N3CC(C(=O)Nc4ccc(F)c(Cl)c4)C3)sc2c1. The van der Waals surface area contributed by atoms with Gasteiger partial charge in [0.15, 0.2) is 5.13 Å². The Kier molecular flexibility index (Phi) is 4.09. The Morgan fingerprint density at radius 2 is 2.12 bits per heavy atom. The number of hydrogen-bond acceptors (Lipinski definition) is 4. The van der Waals surface area contributed by atoms with E-state index in [1.807, 2.05) is 12.1 Å². The first-order chi connectivity index (χ1) is 12.0. The number of carbonyl (C=O) groups is 1. The molecule has 4 nitrogen and oxygen atoms in total. The fraction of sp³-hybridized carbons (Fsp3) is 0.222. The van der Waals surface area contributed by atoms with Crippen LogP contribution in [0, 0.1) is 18.7 Å². The average Bonchev–Trinajstić information content (AvgIpc) is 2.92. The maximum absolute atomic E-state index is 13.2. The first-order valence-corrected chi connectivity index (χ1v) is 9.07. The molecule has 25 heavy (non-hydrogen) atoms. The quantitative estimate of drug-likeness (QED) is 0.734. The maximum Gasteiger partial charge on any atom is 0.231 e. The molecule has 1 saturated heterocycles. The third-order valence-corrected chi connectivity index (χ3v) is 5.61. The molecule has 1 amide bonds. The Balaban J connectivity index is 1.40. The van der Waals surface area contributed by atoms with Gasteiger partial charge in [0, 0.05) is 18.8 Å². The minimum Gasteiger partial charge on any atom is -0.346 e. The molecule has 1 fully saturated rings. The Hall–Kier alpha value is -2.18. The number of halogens is 2. The van der Waals surface area contributed by atoms with Gasteiger partial charge in [-0.1, -0.05) is 29.0 Å². The summed E-state index contributed by atoms with van der Waals surface area (Å²) < 4.78 is 14.3. The van der Waals surface area contributed by atoms with Crippen molar-refractivity contribution < 1.29 is 9.18 Å². The summed E-state index contributed by atoms with van der Waals surface area (Å²) in [4.78, 5) is 19.0. The van der Waals surface area contributed by atoms with Crippen LogP contribution in [0.15, 0.2) is 36.4 Å². The highest BCUT2D eigenvalue weighted by Crippen LogP contribution is 2.33. The Morgan fingerprint density at radius 1 is 1.32 bits per heavy atom. The second-order valence-electron chi connectivity index (χ2n) is 6.19. The summed E-state index contributed by atoms with van der Waals surface area (Å²) in [5.74, 6) is -0.700. The number of amides is 1. The fourth-order valence-electron chi connectivity index (χ4n) is 2.77. The first kappa shape index (κ1) is 16.3. The normalized spacial score (nSPS) is 14.6. The molecule has 1 N–H and O–H groups in total. The molecular formula is C18H15ClFN3OS. The molecular weight excluding hydrogens is 361 g/mol. The highest BCUT2D eigenvalue weighted by Gasteiger charge is 2.34. The van der Waals surface area contributed by atoms with Crippen LogP contribution < -0.4 is 10.2 Å². The number of fused-ring (bicyclic) bond motifs is 1. The van der Waals surface area contributed by atoms with Crippen LogP contribution in [-0.4, -0.2) is 24.0 Å². The largest absolute Gasteiger partial charge is 0.346 e. The van der Waals surface area contributed by atoms with Crippen LogP contribution >= 0.6 is 22.9 Å². The van der Waals surface area contributed by atoms with Crippen molar-refractivity contribution in [2.75, 3.05) is 23.3 Å². The number of carbonyl (C=O) groups excluding carboxylic acids is 1. The van der Waals surface area contributed by atoms with E-state index < -0.39 is 5.82 Å². The molecule has 4 rings (SSSR count). The number of thiazole rings is 1. The number of nitrogens with one attached hydrogen (secondary N) is 1. The van der Waals surface area contributed by atoms with E-state index in [1.54, 1.807) is 11.3 Å². The number of anilines is 2. The van der Waals surface area contributed by atoms with Gasteiger partial charge in [0.1, 0.15) is 5.82 Å². The van der Waals surface area contributed by atoms with Gasteiger partial charge in [-0.05, 0) is 42.8 Å². The maximum atomic E-state index is 13.2. The van der Waals surface area contributed by atoms with Crippen LogP contribution in [0.1, 0.15) is 5.56 Å². The molecule has 0 atom stereocenters. The number of benzene rings is 2. The lowest BCUT2D eigenvalue weighted by molar-refractivity contribution is -0.120. The molecule has 1 aromatic heterocycles. The standard InChI is InChI=1S/C18H15ClFN3OS/c1-10-2-5-15-16(6-10)25-18(22-15)23-8-11(9-23)17(24)21-12-3-4-14(20)13(19)7-12/h2-7,11H,8-9H2,1H3,(H,21,24). The highest BCUT2D eigenvalue weighted by molar-refractivity contribution is 7.22. The summed E-state index contributed by atoms with van der Waals surface area (Å²) in [7, 11) is 0. The predicted octanol–water partition coefficient (Wildman–Crippen LogP) is 4.47. The average molecular weight is 376 g/mol. The number of aryl methyl sites for hydroxylation is 1. The summed E-state index contributed by atoms with van der Waals surface area (Å²) in [5, 5.41) is 3.72. The topological polar surface area (TPSA) is 45.2 Å². The number of rotatable bonds is 3. The van der Waals surface area contributed by atoms with Crippen molar-refractivity contribution in [3.63, 3.8) is 0 Å². The van der Waals surface area contributed by atoms with Gasteiger partial charge in [-0.3, -0.25) is 4.79 Å². The van der Waals surface area contributed by atoms with Crippen molar-refractivity contribution in [3.05, 3.63) is 52.8 Å². The molecule has 1 aliphatic heterocycles. The van der Waals surface area contributed by atoms with Crippen molar-refractivity contribution >= 4 is 49.9 Å². The lowest BCUT2D eigenvalue weighted by atomic mass is 10.00. The third kappa shape index (κ3) is 3.19. The predicted molar refractivity (Wildman–Crippen MR) is 100 cm³/mol. The summed E-state index contributed by atoms with van der Waals surface area (Å²) in [6.07, 6.45) is 0. The van der Waals surface area contributed by atoms with E-state index in [1.165, 1.54) is 23.8 Å². The minimum atomic E-state index is -0.499. The van der Waals surface area contributed by atoms with Crippen LogP contribution in [0.25, 0.3) is 10.2 Å². The Morgan fingerprint density at radius 3 is 2.88 bits per heavy atom. The molecule has 0 saturated carbocycles. The molecule has 2 aromatic carbocycles. The van der Waals surface area contributed by atoms with Crippen molar-refractivity contribution in [2.45, 2.75) is 6.92 Å². The van der Waals surface area contributed by atoms with Gasteiger partial charge in [-0.15, -0.1) is 0 Å². The molecule has 2 heterocycles. The minimum absolute atomic E-state index is 0.00203. The lowest BCUT2D eigenvalue weighted by Crippen LogP contribution is -2.52. The molecule has 128 valence electrons. The van der Waals surface area contributed by atoms with Crippen LogP contribution in [0.3, 0.4) is 0 Å². The lowest BCUT2D eigenvalue weighted by Gasteiger charge is -2.37. The second kappa shape index (κ2) is 6.28. The van der Waals surface area contributed by atoms with Gasteiger partial charge in [0.2, 0.25) is 5.91 Å². The van der Waals surface area contributed by atoms with Crippen LogP contribution in [-0.2, 0) is 4.79 Å². The van der Waals surface area contributed by atoms with E-state index in [-0.39, 0.29) is 16.8 Å². The molecule has 0 unspecified atom stereocenters. The van der Waals surface area contributed by atoms with Gasteiger partial charge in [-0.2, -0.15) is 0 Å². The summed E-state index contributed by atoms with van der Waals surface area (Å²) in [5.41, 5.74) is 2.70. The molecule has 1 aliphatic rings. The monoisotopic (exact) mass is 375 g/mol. The van der Waals surface area contributed by atoms with Gasteiger partial charge in [0.05, 0.1) is 21.2 Å². The Bertz CT molecular complexity index is 968. The second-order valence-corrected chi connectivity index (χ2v) is 7.60. The molecule has 0 radical (unpaired) electrons.